The number of aliphatic hydroxyl groups is 11. The Bertz CT molecular complexity index is 1800. The summed E-state index contributed by atoms with van der Waals surface area (Å²) in [4.78, 5) is 13.8. The van der Waals surface area contributed by atoms with E-state index in [9.17, 15) is 61.0 Å². The molecule has 3 heterocycles. The van der Waals surface area contributed by atoms with E-state index in [1.807, 2.05) is 6.92 Å². The monoisotopic (exact) mass is 943 g/mol. The maximum absolute atomic E-state index is 13.8. The Hall–Kier alpha value is -1.27. The Morgan fingerprint density at radius 3 is 1.70 bits per heavy atom. The third-order valence-electron chi connectivity index (χ3n) is 19.3. The number of fused-ring (bicyclic) bond motifs is 7. The molecule has 5 aliphatic carbocycles. The molecule has 11 N–H and O–H groups in total. The predicted octanol–water partition coefficient (Wildman–Crippen LogP) is -0.207. The number of carbonyl (C=O) groups is 1. The third kappa shape index (κ3) is 7.83. The van der Waals surface area contributed by atoms with Gasteiger partial charge in [-0.2, -0.15) is 0 Å². The van der Waals surface area contributed by atoms with Gasteiger partial charge in [0.15, 0.2) is 18.9 Å². The first kappa shape index (κ1) is 51.1. The normalized spacial score (nSPS) is 54.9. The Balaban J connectivity index is 1.07. The van der Waals surface area contributed by atoms with Crippen LogP contribution in [0.25, 0.3) is 0 Å². The van der Waals surface area contributed by atoms with Crippen LogP contribution < -0.4 is 0 Å². The van der Waals surface area contributed by atoms with Crippen LogP contribution in [0.2, 0.25) is 0 Å². The number of carbonyl (C=O) groups excluding carboxylic acids is 1. The highest BCUT2D eigenvalue weighted by Crippen LogP contribution is 2.75. The number of Topliss-reactive ketones (excluding diaryl/α,β-unsaturated/α-hetero) is 1. The molecule has 3 aliphatic heterocycles. The van der Waals surface area contributed by atoms with Crippen molar-refractivity contribution in [2.24, 2.45) is 50.2 Å². The number of ether oxygens (including phenoxy) is 6. The molecule has 0 aromatic rings. The molecular weight excluding hydrogens is 865 g/mol. The molecule has 8 rings (SSSR count). The van der Waals surface area contributed by atoms with E-state index in [2.05, 4.69) is 47.6 Å². The molecule has 0 aromatic heterocycles. The minimum absolute atomic E-state index is 0.0403. The van der Waals surface area contributed by atoms with Crippen molar-refractivity contribution in [3.8, 4) is 0 Å². The van der Waals surface area contributed by atoms with Crippen LogP contribution in [0.1, 0.15) is 106 Å². The van der Waals surface area contributed by atoms with E-state index in [1.165, 1.54) is 5.57 Å². The Labute approximate surface area is 387 Å². The van der Waals surface area contributed by atoms with Gasteiger partial charge in [0.25, 0.3) is 0 Å². The van der Waals surface area contributed by atoms with Gasteiger partial charge in [-0.05, 0) is 90.8 Å². The Kier molecular flexibility index (Phi) is 14.0. The fraction of sp³-hybridized carbons (Fsp3) is 0.938. The molecule has 24 atom stereocenters. The molecule has 66 heavy (non-hydrogen) atoms. The molecule has 0 aromatic carbocycles. The van der Waals surface area contributed by atoms with Gasteiger partial charge < -0.3 is 84.6 Å². The molecule has 8 aliphatic rings. The summed E-state index contributed by atoms with van der Waals surface area (Å²) in [6.07, 6.45) is -16.7. The van der Waals surface area contributed by atoms with Crippen molar-refractivity contribution in [1.29, 1.82) is 0 Å². The fourth-order valence-corrected chi connectivity index (χ4v) is 15.0. The van der Waals surface area contributed by atoms with Gasteiger partial charge in [-0.25, -0.2) is 0 Å². The summed E-state index contributed by atoms with van der Waals surface area (Å²) >= 11 is 0. The topological polar surface area (TPSA) is 295 Å². The van der Waals surface area contributed by atoms with Crippen LogP contribution in [0.15, 0.2) is 11.6 Å². The quantitative estimate of drug-likeness (QED) is 0.0998. The van der Waals surface area contributed by atoms with Crippen LogP contribution in [-0.4, -0.2) is 187 Å². The molecule has 18 nitrogen and oxygen atoms in total. The summed E-state index contributed by atoms with van der Waals surface area (Å²) < 4.78 is 36.5. The standard InChI is InChI=1S/C48H78O18/c1-43(2)16-23-22-8-9-28-45(4)12-11-30(46(5,21-52)27(45)10-13-48(28,7)47(22,6)15-14-44(23,3)29(53)17-43)64-41-38(35(58)32(55)25(19-50)62-41)66-42-39(36(59)33(56)26(20-51)63-42)65-40-37(60)34(57)31(54)24(18-49)61-40/h8,23-28,30-42,49-52,54-60H,9-21H2,1-7H3/t23-,24+,25+,26+,27+,28+,30-,31+,32+,33-,34-,35-,36-,37+,38+,39+,40-,41-,42-,44+,45-,46+,47+,48+/m0/s1. The SMILES string of the molecule is CC1(C)CC(=O)[C@]2(C)CC[C@]3(C)C(=CC[C@@H]4[C@@]5(C)CC[C@H](O[C@@H]6O[C@H](CO)[C@@H](O)[C@H](O)[C@H]6O[C@@H]6O[C@H](CO)[C@H](O)[C@H](O)[C@H]6O[C@@H]6O[C@H](CO)[C@@H](O)[C@H](O)[C@H]6O)[C@](C)(CO)[C@@H]5CC[C@]43C)[C@@H]2C1. The predicted molar refractivity (Wildman–Crippen MR) is 230 cm³/mol. The lowest BCUT2D eigenvalue weighted by Gasteiger charge is -2.71. The first-order valence-electron chi connectivity index (χ1n) is 24.3. The van der Waals surface area contributed by atoms with Crippen LogP contribution in [0, 0.1) is 50.2 Å². The first-order valence-corrected chi connectivity index (χ1v) is 24.3. The van der Waals surface area contributed by atoms with Crippen molar-refractivity contribution in [3.05, 3.63) is 11.6 Å². The van der Waals surface area contributed by atoms with Crippen molar-refractivity contribution in [1.82, 2.24) is 0 Å². The van der Waals surface area contributed by atoms with Crippen LogP contribution in [0.4, 0.5) is 0 Å². The highest BCUT2D eigenvalue weighted by atomic mass is 16.8. The minimum Gasteiger partial charge on any atom is -0.396 e. The average molecular weight is 943 g/mol. The summed E-state index contributed by atoms with van der Waals surface area (Å²) in [6.45, 7) is 13.3. The van der Waals surface area contributed by atoms with Gasteiger partial charge in [0.05, 0.1) is 32.5 Å². The van der Waals surface area contributed by atoms with Gasteiger partial charge in [-0.1, -0.05) is 60.1 Å². The highest BCUT2D eigenvalue weighted by molar-refractivity contribution is 5.87. The number of allylic oxidation sites excluding steroid dienone is 2. The van der Waals surface area contributed by atoms with Gasteiger partial charge in [0.2, 0.25) is 0 Å². The average Bonchev–Trinajstić information content (AvgIpc) is 3.27. The molecular formula is C48H78O18. The number of rotatable bonds is 10. The lowest BCUT2D eigenvalue weighted by Crippen LogP contribution is -2.68. The molecule has 0 radical (unpaired) electrons. The van der Waals surface area contributed by atoms with Crippen molar-refractivity contribution in [3.63, 3.8) is 0 Å². The second-order valence-electron chi connectivity index (χ2n) is 23.4. The summed E-state index contributed by atoms with van der Waals surface area (Å²) in [6, 6.07) is 0. The molecule has 0 bridgehead atoms. The number of ketones is 1. The van der Waals surface area contributed by atoms with Gasteiger partial charge in [0.1, 0.15) is 79.0 Å². The van der Waals surface area contributed by atoms with E-state index in [4.69, 9.17) is 28.4 Å². The lowest BCUT2D eigenvalue weighted by atomic mass is 9.33. The number of hydrogen-bond donors (Lipinski definition) is 11. The summed E-state index contributed by atoms with van der Waals surface area (Å²) in [5, 5.41) is 118. The van der Waals surface area contributed by atoms with Crippen molar-refractivity contribution in [2.45, 2.75) is 204 Å². The van der Waals surface area contributed by atoms with Gasteiger partial charge in [-0.3, -0.25) is 4.79 Å². The van der Waals surface area contributed by atoms with Crippen LogP contribution in [0.5, 0.6) is 0 Å². The molecule has 7 fully saturated rings. The van der Waals surface area contributed by atoms with Crippen molar-refractivity contribution in [2.75, 3.05) is 26.4 Å². The minimum atomic E-state index is -1.93. The van der Waals surface area contributed by atoms with E-state index in [0.717, 1.165) is 44.9 Å². The van der Waals surface area contributed by atoms with Crippen LogP contribution in [-0.2, 0) is 33.2 Å². The van der Waals surface area contributed by atoms with Crippen LogP contribution in [0.3, 0.4) is 0 Å². The van der Waals surface area contributed by atoms with Gasteiger partial charge in [-0.15, -0.1) is 0 Å². The molecule has 0 spiro atoms. The molecule has 378 valence electrons. The van der Waals surface area contributed by atoms with Crippen molar-refractivity contribution < 1.29 is 89.4 Å². The zero-order valence-corrected chi connectivity index (χ0v) is 39.5. The Morgan fingerprint density at radius 2 is 1.14 bits per heavy atom. The largest absolute Gasteiger partial charge is 0.396 e. The summed E-state index contributed by atoms with van der Waals surface area (Å²) in [5.74, 6) is 0.791. The van der Waals surface area contributed by atoms with E-state index in [1.54, 1.807) is 0 Å². The Morgan fingerprint density at radius 1 is 0.606 bits per heavy atom. The van der Waals surface area contributed by atoms with Gasteiger partial charge in [0, 0.05) is 17.3 Å². The van der Waals surface area contributed by atoms with E-state index in [-0.39, 0.29) is 51.4 Å². The molecule has 3 saturated heterocycles. The van der Waals surface area contributed by atoms with Crippen molar-refractivity contribution >= 4 is 5.78 Å². The number of aliphatic hydroxyl groups excluding tert-OH is 11. The second kappa shape index (κ2) is 18.1. The lowest BCUT2D eigenvalue weighted by molar-refractivity contribution is -0.399. The fourth-order valence-electron chi connectivity index (χ4n) is 15.0. The first-order chi connectivity index (χ1) is 30.9. The van der Waals surface area contributed by atoms with E-state index in [0.29, 0.717) is 18.6 Å². The highest BCUT2D eigenvalue weighted by Gasteiger charge is 2.70. The molecule has 18 heteroatoms. The molecule has 0 unspecified atom stereocenters. The zero-order chi connectivity index (χ0) is 48.3. The van der Waals surface area contributed by atoms with Gasteiger partial charge >= 0.3 is 0 Å². The molecule has 0 amide bonds. The van der Waals surface area contributed by atoms with Crippen LogP contribution >= 0.6 is 0 Å². The maximum atomic E-state index is 13.8. The third-order valence-corrected chi connectivity index (χ3v) is 19.3. The van der Waals surface area contributed by atoms with E-state index >= 15 is 0 Å². The smallest absolute Gasteiger partial charge is 0.187 e. The number of hydrogen-bond acceptors (Lipinski definition) is 18. The second-order valence-corrected chi connectivity index (χ2v) is 23.4. The summed E-state index contributed by atoms with van der Waals surface area (Å²) in [7, 11) is 0. The van der Waals surface area contributed by atoms with E-state index < -0.39 is 123 Å². The maximum Gasteiger partial charge on any atom is 0.187 e. The zero-order valence-electron chi connectivity index (χ0n) is 39.5. The molecule has 4 saturated carbocycles. The summed E-state index contributed by atoms with van der Waals surface area (Å²) in [5.41, 5.74) is -0.296.